The van der Waals surface area contributed by atoms with Crippen molar-refractivity contribution in [1.82, 2.24) is 15.3 Å². The molecular formula is C13H15N3. The van der Waals surface area contributed by atoms with Gasteiger partial charge >= 0.3 is 0 Å². The maximum Gasteiger partial charge on any atom is 0.137 e. The van der Waals surface area contributed by atoms with Crippen molar-refractivity contribution in [3.63, 3.8) is 0 Å². The molecule has 2 aromatic rings. The first kappa shape index (κ1) is 9.60. The number of nitrogens with one attached hydrogen (secondary N) is 2. The Morgan fingerprint density at radius 2 is 2.06 bits per heavy atom. The topological polar surface area (TPSA) is 40.7 Å². The molecule has 16 heavy (non-hydrogen) atoms. The Bertz CT molecular complexity index is 439. The summed E-state index contributed by atoms with van der Waals surface area (Å²) in [6.07, 6.45) is 4.88. The molecule has 1 aromatic heterocycles. The number of hydrogen-bond donors (Lipinski definition) is 2. The minimum atomic E-state index is 0.686. The highest BCUT2D eigenvalue weighted by atomic mass is 14.9. The smallest absolute Gasteiger partial charge is 0.137 e. The molecule has 1 unspecified atom stereocenters. The van der Waals surface area contributed by atoms with Gasteiger partial charge < -0.3 is 10.3 Å². The third kappa shape index (κ3) is 1.74. The fraction of sp³-hybridized carbons (Fsp3) is 0.308. The number of aromatic amines is 1. The first-order chi connectivity index (χ1) is 7.93. The molecule has 1 aromatic carbocycles. The molecule has 2 N–H and O–H groups in total. The number of nitrogens with zero attached hydrogens (tertiary/aromatic N) is 1. The number of H-pyrrole nitrogens is 1. The van der Waals surface area contributed by atoms with Crippen LogP contribution in [0.4, 0.5) is 0 Å². The van der Waals surface area contributed by atoms with E-state index in [9.17, 15) is 0 Å². The highest BCUT2D eigenvalue weighted by Gasteiger charge is 2.16. The fourth-order valence-corrected chi connectivity index (χ4v) is 2.28. The van der Waals surface area contributed by atoms with E-state index in [-0.39, 0.29) is 0 Å². The van der Waals surface area contributed by atoms with Crippen molar-refractivity contribution in [2.45, 2.75) is 12.3 Å². The summed E-state index contributed by atoms with van der Waals surface area (Å²) in [5.74, 6) is 1.63. The van der Waals surface area contributed by atoms with E-state index in [1.54, 1.807) is 6.20 Å². The van der Waals surface area contributed by atoms with Crippen molar-refractivity contribution in [2.75, 3.05) is 13.1 Å². The van der Waals surface area contributed by atoms with Crippen LogP contribution in [0.2, 0.25) is 0 Å². The second-order valence-corrected chi connectivity index (χ2v) is 4.25. The molecule has 1 aliphatic heterocycles. The summed E-state index contributed by atoms with van der Waals surface area (Å²) in [6.45, 7) is 2.25. The number of aromatic nitrogens is 2. The van der Waals surface area contributed by atoms with Crippen LogP contribution in [0, 0.1) is 0 Å². The van der Waals surface area contributed by atoms with Crippen LogP contribution in [0.3, 0.4) is 0 Å². The van der Waals surface area contributed by atoms with Gasteiger partial charge in [-0.3, -0.25) is 0 Å². The Labute approximate surface area is 94.9 Å². The van der Waals surface area contributed by atoms with E-state index in [1.807, 2.05) is 6.20 Å². The van der Waals surface area contributed by atoms with Gasteiger partial charge in [0.2, 0.25) is 0 Å². The van der Waals surface area contributed by atoms with Gasteiger partial charge in [0.15, 0.2) is 0 Å². The summed E-state index contributed by atoms with van der Waals surface area (Å²) in [4.78, 5) is 7.36. The Morgan fingerprint density at radius 3 is 2.69 bits per heavy atom. The Balaban J connectivity index is 1.84. The largest absolute Gasteiger partial charge is 0.345 e. The van der Waals surface area contributed by atoms with E-state index in [2.05, 4.69) is 39.6 Å². The first-order valence-electron chi connectivity index (χ1n) is 5.74. The van der Waals surface area contributed by atoms with Gasteiger partial charge in [-0.25, -0.2) is 4.98 Å². The van der Waals surface area contributed by atoms with Gasteiger partial charge in [-0.05, 0) is 24.4 Å². The first-order valence-corrected chi connectivity index (χ1v) is 5.74. The maximum absolute atomic E-state index is 4.25. The molecule has 0 radical (unpaired) electrons. The monoisotopic (exact) mass is 213 g/mol. The second kappa shape index (κ2) is 4.10. The molecule has 1 saturated heterocycles. The van der Waals surface area contributed by atoms with Gasteiger partial charge in [0.05, 0.1) is 0 Å². The van der Waals surface area contributed by atoms with Crippen molar-refractivity contribution in [1.29, 1.82) is 0 Å². The van der Waals surface area contributed by atoms with Crippen molar-refractivity contribution in [3.05, 3.63) is 42.2 Å². The van der Waals surface area contributed by atoms with Crippen molar-refractivity contribution >= 4 is 0 Å². The van der Waals surface area contributed by atoms with Gasteiger partial charge in [-0.2, -0.15) is 0 Å². The summed E-state index contributed by atoms with van der Waals surface area (Å²) in [5.41, 5.74) is 2.58. The molecule has 2 heterocycles. The lowest BCUT2D eigenvalue weighted by Gasteiger charge is -2.08. The van der Waals surface area contributed by atoms with Gasteiger partial charge in [-0.1, -0.05) is 24.3 Å². The van der Waals surface area contributed by atoms with Crippen LogP contribution in [0.25, 0.3) is 11.4 Å². The number of rotatable bonds is 2. The van der Waals surface area contributed by atoms with E-state index >= 15 is 0 Å². The third-order valence-electron chi connectivity index (χ3n) is 3.21. The predicted octanol–water partition coefficient (Wildman–Crippen LogP) is 2.15. The molecule has 1 atom stereocenters. The molecular weight excluding hydrogens is 198 g/mol. The third-order valence-corrected chi connectivity index (χ3v) is 3.21. The van der Waals surface area contributed by atoms with Crippen LogP contribution in [0.15, 0.2) is 36.7 Å². The summed E-state index contributed by atoms with van der Waals surface area (Å²) in [5, 5.41) is 3.39. The highest BCUT2D eigenvalue weighted by molar-refractivity contribution is 5.55. The summed E-state index contributed by atoms with van der Waals surface area (Å²) < 4.78 is 0. The van der Waals surface area contributed by atoms with Crippen LogP contribution < -0.4 is 5.32 Å². The normalized spacial score (nSPS) is 20.1. The Hall–Kier alpha value is -1.61. The summed E-state index contributed by atoms with van der Waals surface area (Å²) >= 11 is 0. The van der Waals surface area contributed by atoms with Crippen LogP contribution in [0.1, 0.15) is 17.9 Å². The molecule has 0 spiro atoms. The number of imidazole rings is 1. The average molecular weight is 213 g/mol. The molecule has 0 bridgehead atoms. The van der Waals surface area contributed by atoms with Crippen molar-refractivity contribution < 1.29 is 0 Å². The van der Waals surface area contributed by atoms with Gasteiger partial charge in [0, 0.05) is 24.5 Å². The zero-order valence-corrected chi connectivity index (χ0v) is 9.11. The minimum absolute atomic E-state index is 0.686. The molecule has 3 heteroatoms. The van der Waals surface area contributed by atoms with Crippen LogP contribution >= 0.6 is 0 Å². The number of benzene rings is 1. The van der Waals surface area contributed by atoms with Crippen LogP contribution in [-0.4, -0.2) is 23.1 Å². The van der Waals surface area contributed by atoms with Crippen molar-refractivity contribution in [3.8, 4) is 11.4 Å². The average Bonchev–Trinajstić information content (AvgIpc) is 3.03. The predicted molar refractivity (Wildman–Crippen MR) is 64.3 cm³/mol. The number of hydrogen-bond acceptors (Lipinski definition) is 2. The maximum atomic E-state index is 4.25. The lowest BCUT2D eigenvalue weighted by molar-refractivity contribution is 0.763. The SMILES string of the molecule is c1c[nH]c(-c2ccc(C3CCNC3)cc2)n1. The fourth-order valence-electron chi connectivity index (χ4n) is 2.28. The quantitative estimate of drug-likeness (QED) is 0.802. The molecule has 0 aliphatic carbocycles. The van der Waals surface area contributed by atoms with E-state index in [4.69, 9.17) is 0 Å². The highest BCUT2D eigenvalue weighted by Crippen LogP contribution is 2.24. The minimum Gasteiger partial charge on any atom is -0.345 e. The zero-order valence-electron chi connectivity index (χ0n) is 9.11. The van der Waals surface area contributed by atoms with E-state index < -0.39 is 0 Å². The van der Waals surface area contributed by atoms with Gasteiger partial charge in [-0.15, -0.1) is 0 Å². The zero-order chi connectivity index (χ0) is 10.8. The summed E-state index contributed by atoms with van der Waals surface area (Å²) in [7, 11) is 0. The molecule has 1 fully saturated rings. The molecule has 0 amide bonds. The second-order valence-electron chi connectivity index (χ2n) is 4.25. The molecule has 0 saturated carbocycles. The molecule has 3 nitrogen and oxygen atoms in total. The van der Waals surface area contributed by atoms with E-state index in [1.165, 1.54) is 12.0 Å². The molecule has 3 rings (SSSR count). The standard InChI is InChI=1S/C13H15N3/c1-3-11(13-15-7-8-16-13)4-2-10(1)12-5-6-14-9-12/h1-4,7-8,12,14H,5-6,9H2,(H,15,16). The molecule has 1 aliphatic rings. The Morgan fingerprint density at radius 1 is 1.19 bits per heavy atom. The molecule has 82 valence electrons. The van der Waals surface area contributed by atoms with Crippen molar-refractivity contribution in [2.24, 2.45) is 0 Å². The lowest BCUT2D eigenvalue weighted by atomic mass is 9.97. The lowest BCUT2D eigenvalue weighted by Crippen LogP contribution is -2.07. The van der Waals surface area contributed by atoms with Gasteiger partial charge in [0.1, 0.15) is 5.82 Å². The van der Waals surface area contributed by atoms with Crippen LogP contribution in [0.5, 0.6) is 0 Å². The van der Waals surface area contributed by atoms with Crippen LogP contribution in [-0.2, 0) is 0 Å². The van der Waals surface area contributed by atoms with E-state index in [0.29, 0.717) is 5.92 Å². The summed E-state index contributed by atoms with van der Waals surface area (Å²) in [6, 6.07) is 8.73. The Kier molecular flexibility index (Phi) is 2.46. The van der Waals surface area contributed by atoms with Gasteiger partial charge in [0.25, 0.3) is 0 Å². The van der Waals surface area contributed by atoms with E-state index in [0.717, 1.165) is 24.5 Å².